The Labute approximate surface area is 155 Å². The third-order valence-corrected chi connectivity index (χ3v) is 3.98. The number of pyridine rings is 2. The fourth-order valence-electron chi connectivity index (χ4n) is 2.12. The lowest BCUT2D eigenvalue weighted by atomic mass is 10.2. The quantitative estimate of drug-likeness (QED) is 0.683. The van der Waals surface area contributed by atoms with E-state index in [1.54, 1.807) is 48.9 Å². The van der Waals surface area contributed by atoms with Crippen molar-refractivity contribution in [1.82, 2.24) is 9.97 Å². The zero-order valence-electron chi connectivity index (χ0n) is 13.0. The summed E-state index contributed by atoms with van der Waals surface area (Å²) in [6.07, 6.45) is 5.09. The normalized spacial score (nSPS) is 10.3. The number of carbonyl (C=O) groups is 1. The molecule has 25 heavy (non-hydrogen) atoms. The van der Waals surface area contributed by atoms with Crippen LogP contribution in [0.4, 0.5) is 11.4 Å². The number of rotatable bonds is 5. The lowest BCUT2D eigenvalue weighted by Crippen LogP contribution is -2.14. The van der Waals surface area contributed by atoms with Crippen LogP contribution < -0.4 is 10.6 Å². The molecule has 0 radical (unpaired) electrons. The van der Waals surface area contributed by atoms with Crippen molar-refractivity contribution in [2.45, 2.75) is 6.54 Å². The number of benzene rings is 1. The molecule has 126 valence electrons. The van der Waals surface area contributed by atoms with Crippen molar-refractivity contribution < 1.29 is 4.79 Å². The SMILES string of the molecule is O=C(Nc1cc(Cl)ccc1Cl)c1ccc(NCc2ccncc2)cn1. The van der Waals surface area contributed by atoms with Gasteiger partial charge in [0.25, 0.3) is 5.91 Å². The molecule has 3 aromatic rings. The minimum Gasteiger partial charge on any atom is -0.380 e. The van der Waals surface area contributed by atoms with Crippen molar-refractivity contribution in [2.24, 2.45) is 0 Å². The highest BCUT2D eigenvalue weighted by atomic mass is 35.5. The Kier molecular flexibility index (Phi) is 5.48. The molecular formula is C18H14Cl2N4O. The van der Waals surface area contributed by atoms with E-state index in [0.29, 0.717) is 22.3 Å². The topological polar surface area (TPSA) is 66.9 Å². The van der Waals surface area contributed by atoms with Crippen LogP contribution in [0.3, 0.4) is 0 Å². The first-order chi connectivity index (χ1) is 12.1. The molecule has 0 aliphatic rings. The summed E-state index contributed by atoms with van der Waals surface area (Å²) in [6, 6.07) is 12.2. The van der Waals surface area contributed by atoms with Crippen LogP contribution >= 0.6 is 23.2 Å². The Morgan fingerprint density at radius 1 is 1.04 bits per heavy atom. The monoisotopic (exact) mass is 372 g/mol. The van der Waals surface area contributed by atoms with Crippen LogP contribution in [0.25, 0.3) is 0 Å². The Balaban J connectivity index is 1.63. The van der Waals surface area contributed by atoms with E-state index in [1.807, 2.05) is 12.1 Å². The van der Waals surface area contributed by atoms with Crippen molar-refractivity contribution >= 4 is 40.5 Å². The third-order valence-electron chi connectivity index (χ3n) is 3.42. The predicted molar refractivity (Wildman–Crippen MR) is 100 cm³/mol. The fourth-order valence-corrected chi connectivity index (χ4v) is 2.45. The summed E-state index contributed by atoms with van der Waals surface area (Å²) in [7, 11) is 0. The van der Waals surface area contributed by atoms with Crippen molar-refractivity contribution in [3.63, 3.8) is 0 Å². The minimum atomic E-state index is -0.357. The number of amides is 1. The lowest BCUT2D eigenvalue weighted by Gasteiger charge is -2.09. The zero-order chi connectivity index (χ0) is 17.6. The average Bonchev–Trinajstić information content (AvgIpc) is 2.64. The zero-order valence-corrected chi connectivity index (χ0v) is 14.6. The Morgan fingerprint density at radius 2 is 1.84 bits per heavy atom. The van der Waals surface area contributed by atoms with Gasteiger partial charge in [0.05, 0.1) is 22.6 Å². The molecule has 2 heterocycles. The first-order valence-corrected chi connectivity index (χ1v) is 8.22. The van der Waals surface area contributed by atoms with Gasteiger partial charge in [0.15, 0.2) is 0 Å². The van der Waals surface area contributed by atoms with Gasteiger partial charge in [-0.15, -0.1) is 0 Å². The van der Waals surface area contributed by atoms with Gasteiger partial charge < -0.3 is 10.6 Å². The molecule has 0 aliphatic heterocycles. The second-order valence-corrected chi connectivity index (χ2v) is 6.06. The number of hydrogen-bond donors (Lipinski definition) is 2. The van der Waals surface area contributed by atoms with Crippen LogP contribution in [0, 0.1) is 0 Å². The van der Waals surface area contributed by atoms with E-state index < -0.39 is 0 Å². The Morgan fingerprint density at radius 3 is 2.56 bits per heavy atom. The molecule has 0 fully saturated rings. The highest BCUT2D eigenvalue weighted by Crippen LogP contribution is 2.25. The van der Waals surface area contributed by atoms with Crippen LogP contribution in [-0.2, 0) is 6.54 Å². The van der Waals surface area contributed by atoms with E-state index in [2.05, 4.69) is 20.6 Å². The molecule has 7 heteroatoms. The van der Waals surface area contributed by atoms with Crippen LogP contribution in [0.15, 0.2) is 61.1 Å². The summed E-state index contributed by atoms with van der Waals surface area (Å²) >= 11 is 12.0. The molecule has 2 aromatic heterocycles. The smallest absolute Gasteiger partial charge is 0.274 e. The summed E-state index contributed by atoms with van der Waals surface area (Å²) in [5.41, 5.74) is 2.65. The van der Waals surface area contributed by atoms with Gasteiger partial charge in [0.2, 0.25) is 0 Å². The average molecular weight is 373 g/mol. The molecule has 3 rings (SSSR count). The standard InChI is InChI=1S/C18H14Cl2N4O/c19-13-1-3-15(20)17(9-13)24-18(25)16-4-2-14(11-23-16)22-10-12-5-7-21-8-6-12/h1-9,11,22H,10H2,(H,24,25). The van der Waals surface area contributed by atoms with Crippen molar-refractivity contribution in [3.8, 4) is 0 Å². The maximum absolute atomic E-state index is 12.3. The maximum Gasteiger partial charge on any atom is 0.274 e. The van der Waals surface area contributed by atoms with Crippen molar-refractivity contribution in [3.05, 3.63) is 82.4 Å². The Hall–Kier alpha value is -2.63. The van der Waals surface area contributed by atoms with Gasteiger partial charge in [0.1, 0.15) is 5.69 Å². The van der Waals surface area contributed by atoms with Crippen LogP contribution in [0.2, 0.25) is 10.0 Å². The fraction of sp³-hybridized carbons (Fsp3) is 0.0556. The van der Waals surface area contributed by atoms with Crippen LogP contribution in [0.1, 0.15) is 16.1 Å². The maximum atomic E-state index is 12.3. The summed E-state index contributed by atoms with van der Waals surface area (Å²) in [6.45, 7) is 0.647. The lowest BCUT2D eigenvalue weighted by molar-refractivity contribution is 0.102. The van der Waals surface area contributed by atoms with Crippen LogP contribution in [0.5, 0.6) is 0 Å². The molecular weight excluding hydrogens is 359 g/mol. The molecule has 0 spiro atoms. The molecule has 0 atom stereocenters. The number of nitrogens with zero attached hydrogens (tertiary/aromatic N) is 2. The molecule has 2 N–H and O–H groups in total. The predicted octanol–water partition coefficient (Wildman–Crippen LogP) is 4.65. The number of carbonyl (C=O) groups excluding carboxylic acids is 1. The van der Waals surface area contributed by atoms with E-state index in [1.165, 1.54) is 0 Å². The second-order valence-electron chi connectivity index (χ2n) is 5.22. The van der Waals surface area contributed by atoms with E-state index in [9.17, 15) is 4.79 Å². The van der Waals surface area contributed by atoms with Gasteiger partial charge in [-0.05, 0) is 48.0 Å². The highest BCUT2D eigenvalue weighted by molar-refractivity contribution is 6.35. The molecule has 0 aliphatic carbocycles. The van der Waals surface area contributed by atoms with E-state index in [0.717, 1.165) is 11.3 Å². The van der Waals surface area contributed by atoms with Gasteiger partial charge in [0, 0.05) is 24.0 Å². The molecule has 0 bridgehead atoms. The molecule has 1 aromatic carbocycles. The van der Waals surface area contributed by atoms with Crippen LogP contribution in [-0.4, -0.2) is 15.9 Å². The summed E-state index contributed by atoms with van der Waals surface area (Å²) < 4.78 is 0. The number of aromatic nitrogens is 2. The molecule has 0 saturated heterocycles. The van der Waals surface area contributed by atoms with Gasteiger partial charge in [-0.3, -0.25) is 9.78 Å². The van der Waals surface area contributed by atoms with Gasteiger partial charge in [-0.1, -0.05) is 23.2 Å². The second kappa shape index (κ2) is 7.96. The summed E-state index contributed by atoms with van der Waals surface area (Å²) in [4.78, 5) is 20.4. The minimum absolute atomic E-state index is 0.283. The highest BCUT2D eigenvalue weighted by Gasteiger charge is 2.10. The van der Waals surface area contributed by atoms with E-state index in [-0.39, 0.29) is 11.6 Å². The van der Waals surface area contributed by atoms with Crippen molar-refractivity contribution in [1.29, 1.82) is 0 Å². The largest absolute Gasteiger partial charge is 0.380 e. The van der Waals surface area contributed by atoms with E-state index >= 15 is 0 Å². The number of halogens is 2. The molecule has 1 amide bonds. The molecule has 0 unspecified atom stereocenters. The van der Waals surface area contributed by atoms with Gasteiger partial charge in [-0.2, -0.15) is 0 Å². The number of anilines is 2. The first-order valence-electron chi connectivity index (χ1n) is 7.47. The number of hydrogen-bond acceptors (Lipinski definition) is 4. The number of nitrogens with one attached hydrogen (secondary N) is 2. The van der Waals surface area contributed by atoms with Gasteiger partial charge in [-0.25, -0.2) is 4.98 Å². The van der Waals surface area contributed by atoms with Gasteiger partial charge >= 0.3 is 0 Å². The third kappa shape index (κ3) is 4.68. The van der Waals surface area contributed by atoms with E-state index in [4.69, 9.17) is 23.2 Å². The summed E-state index contributed by atoms with van der Waals surface area (Å²) in [5, 5.41) is 6.83. The summed E-state index contributed by atoms with van der Waals surface area (Å²) in [5.74, 6) is -0.357. The molecule has 5 nitrogen and oxygen atoms in total. The first kappa shape index (κ1) is 17.2. The molecule has 0 saturated carbocycles. The van der Waals surface area contributed by atoms with Crippen molar-refractivity contribution in [2.75, 3.05) is 10.6 Å². The Bertz CT molecular complexity index is 870.